The summed E-state index contributed by atoms with van der Waals surface area (Å²) in [5, 5.41) is 4.22. The molecule has 1 aromatic heterocycles. The molecular formula is C20H22N2O. The van der Waals surface area contributed by atoms with Crippen LogP contribution >= 0.6 is 0 Å². The Morgan fingerprint density at radius 1 is 1.04 bits per heavy atom. The summed E-state index contributed by atoms with van der Waals surface area (Å²) >= 11 is 0. The number of carbonyl (C=O) groups excluding carboxylic acids is 1. The van der Waals surface area contributed by atoms with Crippen LogP contribution in [0.4, 0.5) is 5.69 Å². The number of rotatable bonds is 5. The maximum atomic E-state index is 12.2. The van der Waals surface area contributed by atoms with Gasteiger partial charge in [-0.3, -0.25) is 4.79 Å². The summed E-state index contributed by atoms with van der Waals surface area (Å²) in [6.07, 6.45) is 3.70. The van der Waals surface area contributed by atoms with Gasteiger partial charge < -0.3 is 10.3 Å². The van der Waals surface area contributed by atoms with Crippen molar-refractivity contribution in [3.05, 3.63) is 54.7 Å². The molecule has 3 nitrogen and oxygen atoms in total. The minimum atomic E-state index is 0.0864. The smallest absolute Gasteiger partial charge is 0.227 e. The third-order valence-corrected chi connectivity index (χ3v) is 4.41. The van der Waals surface area contributed by atoms with E-state index in [9.17, 15) is 4.79 Å². The third kappa shape index (κ3) is 3.14. The van der Waals surface area contributed by atoms with Crippen molar-refractivity contribution in [3.8, 4) is 11.1 Å². The van der Waals surface area contributed by atoms with Crippen molar-refractivity contribution in [2.24, 2.45) is 5.92 Å². The second-order valence-electron chi connectivity index (χ2n) is 5.82. The number of nitrogens with one attached hydrogen (secondary N) is 2. The number of fused-ring (bicyclic) bond motifs is 1. The van der Waals surface area contributed by atoms with Crippen molar-refractivity contribution < 1.29 is 4.79 Å². The second kappa shape index (κ2) is 6.69. The quantitative estimate of drug-likeness (QED) is 0.667. The van der Waals surface area contributed by atoms with Gasteiger partial charge in [-0.05, 0) is 48.2 Å². The Bertz CT molecular complexity index is 798. The van der Waals surface area contributed by atoms with Gasteiger partial charge in [0.05, 0.1) is 0 Å². The van der Waals surface area contributed by atoms with Gasteiger partial charge in [0, 0.05) is 28.7 Å². The van der Waals surface area contributed by atoms with Crippen LogP contribution in [-0.2, 0) is 4.79 Å². The van der Waals surface area contributed by atoms with E-state index in [4.69, 9.17) is 0 Å². The lowest BCUT2D eigenvalue weighted by atomic mass is 10.0. The number of aromatic amines is 1. The molecule has 0 bridgehead atoms. The molecule has 0 aliphatic rings. The molecule has 0 atom stereocenters. The zero-order valence-corrected chi connectivity index (χ0v) is 13.6. The van der Waals surface area contributed by atoms with Crippen molar-refractivity contribution >= 4 is 22.5 Å². The molecule has 1 heterocycles. The zero-order chi connectivity index (χ0) is 16.2. The van der Waals surface area contributed by atoms with Gasteiger partial charge >= 0.3 is 0 Å². The fraction of sp³-hybridized carbons (Fsp3) is 0.250. The lowest BCUT2D eigenvalue weighted by Crippen LogP contribution is -2.21. The molecule has 3 aromatic rings. The number of aromatic nitrogens is 1. The van der Waals surface area contributed by atoms with Crippen LogP contribution in [-0.4, -0.2) is 10.9 Å². The topological polar surface area (TPSA) is 44.9 Å². The molecule has 3 rings (SSSR count). The van der Waals surface area contributed by atoms with Crippen LogP contribution in [0.5, 0.6) is 0 Å². The summed E-state index contributed by atoms with van der Waals surface area (Å²) in [6.45, 7) is 4.10. The van der Waals surface area contributed by atoms with Gasteiger partial charge in [0.15, 0.2) is 0 Å². The first kappa shape index (κ1) is 15.3. The van der Waals surface area contributed by atoms with Gasteiger partial charge in [-0.1, -0.05) is 38.1 Å². The Morgan fingerprint density at radius 3 is 2.48 bits per heavy atom. The number of amides is 1. The first-order valence-corrected chi connectivity index (χ1v) is 8.20. The SMILES string of the molecule is CCC(CC)C(=O)Nc1ccc(-c2cccc3[nH]ccc23)cc1. The van der Waals surface area contributed by atoms with Crippen LogP contribution in [0.3, 0.4) is 0 Å². The summed E-state index contributed by atoms with van der Waals surface area (Å²) in [7, 11) is 0. The van der Waals surface area contributed by atoms with Crippen molar-refractivity contribution in [1.29, 1.82) is 0 Å². The molecule has 0 spiro atoms. The predicted molar refractivity (Wildman–Crippen MR) is 96.4 cm³/mol. The van der Waals surface area contributed by atoms with Crippen LogP contribution in [0.15, 0.2) is 54.7 Å². The van der Waals surface area contributed by atoms with Crippen LogP contribution < -0.4 is 5.32 Å². The number of carbonyl (C=O) groups is 1. The van der Waals surface area contributed by atoms with Crippen molar-refractivity contribution in [2.45, 2.75) is 26.7 Å². The number of benzene rings is 2. The molecule has 0 radical (unpaired) electrons. The average molecular weight is 306 g/mol. The molecule has 2 N–H and O–H groups in total. The molecule has 0 fully saturated rings. The summed E-state index contributed by atoms with van der Waals surface area (Å²) in [6, 6.07) is 16.4. The van der Waals surface area contributed by atoms with E-state index in [0.29, 0.717) is 0 Å². The Hall–Kier alpha value is -2.55. The maximum absolute atomic E-state index is 12.2. The van der Waals surface area contributed by atoms with E-state index in [1.807, 2.05) is 32.2 Å². The molecular weight excluding hydrogens is 284 g/mol. The molecule has 23 heavy (non-hydrogen) atoms. The Kier molecular flexibility index (Phi) is 4.47. The molecule has 0 unspecified atom stereocenters. The van der Waals surface area contributed by atoms with Gasteiger partial charge in [0.2, 0.25) is 5.91 Å². The van der Waals surface area contributed by atoms with Gasteiger partial charge in [-0.2, -0.15) is 0 Å². The standard InChI is InChI=1S/C20H22N2O/c1-3-14(4-2)20(23)22-16-10-8-15(9-11-16)17-6-5-7-19-18(17)12-13-21-19/h5-14,21H,3-4H2,1-2H3,(H,22,23). The average Bonchev–Trinajstić information content (AvgIpc) is 3.05. The fourth-order valence-electron chi connectivity index (χ4n) is 2.97. The van der Waals surface area contributed by atoms with E-state index in [0.717, 1.165) is 29.6 Å². The summed E-state index contributed by atoms with van der Waals surface area (Å²) < 4.78 is 0. The highest BCUT2D eigenvalue weighted by atomic mass is 16.1. The lowest BCUT2D eigenvalue weighted by molar-refractivity contribution is -0.120. The number of anilines is 1. The third-order valence-electron chi connectivity index (χ3n) is 4.41. The number of H-pyrrole nitrogens is 1. The first-order valence-electron chi connectivity index (χ1n) is 8.20. The zero-order valence-electron chi connectivity index (χ0n) is 13.6. The van der Waals surface area contributed by atoms with Gasteiger partial charge in [-0.15, -0.1) is 0 Å². The highest BCUT2D eigenvalue weighted by molar-refractivity contribution is 5.96. The van der Waals surface area contributed by atoms with E-state index in [-0.39, 0.29) is 11.8 Å². The first-order chi connectivity index (χ1) is 11.2. The number of hydrogen-bond donors (Lipinski definition) is 2. The second-order valence-corrected chi connectivity index (χ2v) is 5.82. The molecule has 118 valence electrons. The highest BCUT2D eigenvalue weighted by Gasteiger charge is 2.14. The van der Waals surface area contributed by atoms with Gasteiger partial charge in [-0.25, -0.2) is 0 Å². The van der Waals surface area contributed by atoms with E-state index in [1.165, 1.54) is 10.9 Å². The van der Waals surface area contributed by atoms with Crippen LogP contribution in [0.1, 0.15) is 26.7 Å². The Morgan fingerprint density at radius 2 is 1.78 bits per heavy atom. The predicted octanol–water partition coefficient (Wildman–Crippen LogP) is 5.21. The summed E-state index contributed by atoms with van der Waals surface area (Å²) in [4.78, 5) is 15.4. The number of hydrogen-bond acceptors (Lipinski definition) is 1. The maximum Gasteiger partial charge on any atom is 0.227 e. The molecule has 0 aliphatic heterocycles. The van der Waals surface area contributed by atoms with Crippen molar-refractivity contribution in [3.63, 3.8) is 0 Å². The molecule has 1 amide bonds. The van der Waals surface area contributed by atoms with E-state index >= 15 is 0 Å². The van der Waals surface area contributed by atoms with E-state index in [2.05, 4.69) is 46.7 Å². The fourth-order valence-corrected chi connectivity index (χ4v) is 2.97. The van der Waals surface area contributed by atoms with Crippen LogP contribution in [0.2, 0.25) is 0 Å². The molecule has 0 aliphatic carbocycles. The van der Waals surface area contributed by atoms with Gasteiger partial charge in [0.1, 0.15) is 0 Å². The Labute approximate surface area is 136 Å². The lowest BCUT2D eigenvalue weighted by Gasteiger charge is -2.13. The normalized spacial score (nSPS) is 11.1. The Balaban J connectivity index is 1.82. The molecule has 0 saturated heterocycles. The van der Waals surface area contributed by atoms with Crippen LogP contribution in [0, 0.1) is 5.92 Å². The van der Waals surface area contributed by atoms with Gasteiger partial charge in [0.25, 0.3) is 0 Å². The molecule has 0 saturated carbocycles. The van der Waals surface area contributed by atoms with E-state index in [1.54, 1.807) is 0 Å². The van der Waals surface area contributed by atoms with Crippen molar-refractivity contribution in [1.82, 2.24) is 4.98 Å². The minimum Gasteiger partial charge on any atom is -0.361 e. The monoisotopic (exact) mass is 306 g/mol. The molecule has 3 heteroatoms. The van der Waals surface area contributed by atoms with Crippen LogP contribution in [0.25, 0.3) is 22.0 Å². The minimum absolute atomic E-state index is 0.0864. The largest absolute Gasteiger partial charge is 0.361 e. The highest BCUT2D eigenvalue weighted by Crippen LogP contribution is 2.29. The van der Waals surface area contributed by atoms with E-state index < -0.39 is 0 Å². The van der Waals surface area contributed by atoms with Crippen molar-refractivity contribution in [2.75, 3.05) is 5.32 Å². The summed E-state index contributed by atoms with van der Waals surface area (Å²) in [5.74, 6) is 0.193. The molecule has 2 aromatic carbocycles. The summed E-state index contributed by atoms with van der Waals surface area (Å²) in [5.41, 5.74) is 4.33.